The number of amides is 2. The smallest absolute Gasteiger partial charge is 0.256 e. The Morgan fingerprint density at radius 3 is 2.21 bits per heavy atom. The van der Waals surface area contributed by atoms with Crippen LogP contribution in [-0.4, -0.2) is 56.4 Å². The van der Waals surface area contributed by atoms with Gasteiger partial charge in [-0.1, -0.05) is 26.0 Å². The molecular weight excluding hydrogens is 447 g/mol. The summed E-state index contributed by atoms with van der Waals surface area (Å²) in [5, 5.41) is 2.48. The first kappa shape index (κ1) is 24.7. The Morgan fingerprint density at radius 2 is 1.70 bits per heavy atom. The van der Waals surface area contributed by atoms with Crippen molar-refractivity contribution in [3.8, 4) is 17.2 Å². The van der Waals surface area contributed by atoms with E-state index in [9.17, 15) is 14.0 Å². The van der Waals surface area contributed by atoms with E-state index in [1.807, 2.05) is 13.8 Å². The number of carbonyl (C=O) groups is 2. The number of hydrogen-bond donors (Lipinski definition) is 1. The first-order valence-electron chi connectivity index (χ1n) is 10.6. The summed E-state index contributed by atoms with van der Waals surface area (Å²) in [7, 11) is 4.43. The van der Waals surface area contributed by atoms with Gasteiger partial charge in [-0.15, -0.1) is 11.8 Å². The van der Waals surface area contributed by atoms with Crippen molar-refractivity contribution in [2.24, 2.45) is 5.92 Å². The molecule has 2 amide bonds. The quantitative estimate of drug-likeness (QED) is 0.623. The summed E-state index contributed by atoms with van der Waals surface area (Å²) < 4.78 is 29.7. The molecule has 2 atom stereocenters. The van der Waals surface area contributed by atoms with Crippen LogP contribution in [0.1, 0.15) is 35.1 Å². The van der Waals surface area contributed by atoms with Crippen molar-refractivity contribution in [2.75, 3.05) is 33.6 Å². The fourth-order valence-corrected chi connectivity index (χ4v) is 5.05. The van der Waals surface area contributed by atoms with Crippen LogP contribution in [0.25, 0.3) is 0 Å². The lowest BCUT2D eigenvalue weighted by atomic mass is 10.1. The standard InChI is InChI=1S/C24H29FN2O5S/c1-14(2)12-26-22(28)18-13-33-24(15-6-8-17(25)9-7-15)27(18)23(29)16-10-19(30-3)21(32-5)20(11-16)31-4/h6-11,14,18,24H,12-13H2,1-5H3,(H,26,28). The molecule has 33 heavy (non-hydrogen) atoms. The third-order valence-electron chi connectivity index (χ3n) is 5.29. The van der Waals surface area contributed by atoms with E-state index in [2.05, 4.69) is 5.32 Å². The highest BCUT2D eigenvalue weighted by molar-refractivity contribution is 7.99. The van der Waals surface area contributed by atoms with Crippen LogP contribution in [0.3, 0.4) is 0 Å². The maximum atomic E-state index is 13.8. The summed E-state index contributed by atoms with van der Waals surface area (Å²) in [5.74, 6) is 0.791. The van der Waals surface area contributed by atoms with E-state index in [0.717, 1.165) is 5.56 Å². The fourth-order valence-electron chi connectivity index (χ4n) is 3.62. The monoisotopic (exact) mass is 476 g/mol. The minimum atomic E-state index is -0.685. The molecule has 178 valence electrons. The zero-order chi connectivity index (χ0) is 24.1. The molecule has 0 aliphatic carbocycles. The van der Waals surface area contributed by atoms with Crippen molar-refractivity contribution >= 4 is 23.6 Å². The molecule has 1 fully saturated rings. The lowest BCUT2D eigenvalue weighted by Crippen LogP contribution is -2.48. The van der Waals surface area contributed by atoms with E-state index in [1.54, 1.807) is 29.2 Å². The van der Waals surface area contributed by atoms with Gasteiger partial charge in [0.25, 0.3) is 5.91 Å². The average molecular weight is 477 g/mol. The number of nitrogens with zero attached hydrogens (tertiary/aromatic N) is 1. The molecular formula is C24H29FN2O5S. The predicted molar refractivity (Wildman–Crippen MR) is 126 cm³/mol. The number of methoxy groups -OCH3 is 3. The summed E-state index contributed by atoms with van der Waals surface area (Å²) in [5.41, 5.74) is 1.03. The van der Waals surface area contributed by atoms with E-state index in [4.69, 9.17) is 14.2 Å². The van der Waals surface area contributed by atoms with Gasteiger partial charge in [-0.05, 0) is 35.7 Å². The van der Waals surface area contributed by atoms with Gasteiger partial charge in [0.1, 0.15) is 17.2 Å². The number of carbonyl (C=O) groups excluding carboxylic acids is 2. The third-order valence-corrected chi connectivity index (χ3v) is 6.61. The second-order valence-electron chi connectivity index (χ2n) is 8.02. The Balaban J connectivity index is 2.02. The zero-order valence-electron chi connectivity index (χ0n) is 19.4. The van der Waals surface area contributed by atoms with Crippen LogP contribution >= 0.6 is 11.8 Å². The minimum Gasteiger partial charge on any atom is -0.493 e. The second kappa shape index (κ2) is 10.8. The van der Waals surface area contributed by atoms with Crippen molar-refractivity contribution in [1.29, 1.82) is 0 Å². The largest absolute Gasteiger partial charge is 0.493 e. The van der Waals surface area contributed by atoms with Gasteiger partial charge in [-0.2, -0.15) is 0 Å². The summed E-state index contributed by atoms with van der Waals surface area (Å²) in [4.78, 5) is 28.4. The van der Waals surface area contributed by atoms with Gasteiger partial charge >= 0.3 is 0 Å². The number of nitrogens with one attached hydrogen (secondary N) is 1. The highest BCUT2D eigenvalue weighted by Crippen LogP contribution is 2.44. The summed E-state index contributed by atoms with van der Waals surface area (Å²) in [6, 6.07) is 8.42. The molecule has 2 unspecified atom stereocenters. The molecule has 1 aliphatic heterocycles. The van der Waals surface area contributed by atoms with Gasteiger partial charge in [-0.3, -0.25) is 9.59 Å². The molecule has 0 saturated carbocycles. The van der Waals surface area contributed by atoms with Crippen molar-refractivity contribution in [3.63, 3.8) is 0 Å². The molecule has 1 N–H and O–H groups in total. The van der Waals surface area contributed by atoms with Gasteiger partial charge in [0.2, 0.25) is 11.7 Å². The van der Waals surface area contributed by atoms with E-state index in [0.29, 0.717) is 35.1 Å². The Kier molecular flexibility index (Phi) is 8.07. The Labute approximate surface area is 197 Å². The minimum absolute atomic E-state index is 0.221. The third kappa shape index (κ3) is 5.35. The van der Waals surface area contributed by atoms with Crippen LogP contribution in [0.2, 0.25) is 0 Å². The Hall–Kier alpha value is -2.94. The van der Waals surface area contributed by atoms with Crippen molar-refractivity contribution in [3.05, 3.63) is 53.3 Å². The predicted octanol–water partition coefficient (Wildman–Crippen LogP) is 3.88. The molecule has 3 rings (SSSR count). The lowest BCUT2D eigenvalue weighted by molar-refractivity contribution is -0.125. The van der Waals surface area contributed by atoms with Gasteiger partial charge in [0, 0.05) is 17.9 Å². The Morgan fingerprint density at radius 1 is 1.09 bits per heavy atom. The van der Waals surface area contributed by atoms with Crippen LogP contribution in [0.5, 0.6) is 17.2 Å². The maximum Gasteiger partial charge on any atom is 0.256 e. The molecule has 0 bridgehead atoms. The average Bonchev–Trinajstić information content (AvgIpc) is 3.26. The van der Waals surface area contributed by atoms with Gasteiger partial charge in [-0.25, -0.2) is 4.39 Å². The van der Waals surface area contributed by atoms with Crippen molar-refractivity contribution < 1.29 is 28.2 Å². The van der Waals surface area contributed by atoms with Gasteiger partial charge in [0.05, 0.1) is 21.3 Å². The summed E-state index contributed by atoms with van der Waals surface area (Å²) in [6.45, 7) is 4.51. The molecule has 2 aromatic carbocycles. The first-order chi connectivity index (χ1) is 15.8. The van der Waals surface area contributed by atoms with E-state index in [1.165, 1.54) is 45.2 Å². The fraction of sp³-hybridized carbons (Fsp3) is 0.417. The molecule has 0 radical (unpaired) electrons. The summed E-state index contributed by atoms with van der Waals surface area (Å²) in [6.07, 6.45) is 0. The normalized spacial score (nSPS) is 17.7. The number of hydrogen-bond acceptors (Lipinski definition) is 6. The van der Waals surface area contributed by atoms with Crippen molar-refractivity contribution in [1.82, 2.24) is 10.2 Å². The molecule has 9 heteroatoms. The SMILES string of the molecule is COc1cc(C(=O)N2C(C(=O)NCC(C)C)CSC2c2ccc(F)cc2)cc(OC)c1OC. The molecule has 1 heterocycles. The van der Waals surface area contributed by atoms with Crippen LogP contribution in [-0.2, 0) is 4.79 Å². The zero-order valence-corrected chi connectivity index (χ0v) is 20.2. The number of halogens is 1. The lowest BCUT2D eigenvalue weighted by Gasteiger charge is -2.29. The molecule has 1 saturated heterocycles. The molecule has 1 aliphatic rings. The number of rotatable bonds is 8. The number of thioether (sulfide) groups is 1. The molecule has 0 spiro atoms. The van der Waals surface area contributed by atoms with Crippen LogP contribution < -0.4 is 19.5 Å². The maximum absolute atomic E-state index is 13.8. The summed E-state index contributed by atoms with van der Waals surface area (Å²) >= 11 is 1.47. The molecule has 0 aromatic heterocycles. The van der Waals surface area contributed by atoms with Gasteiger partial charge in [0.15, 0.2) is 11.5 Å². The highest BCUT2D eigenvalue weighted by atomic mass is 32.2. The topological polar surface area (TPSA) is 77.1 Å². The highest BCUT2D eigenvalue weighted by Gasteiger charge is 2.43. The molecule has 2 aromatic rings. The van der Waals surface area contributed by atoms with Crippen molar-refractivity contribution in [2.45, 2.75) is 25.3 Å². The van der Waals surface area contributed by atoms with E-state index >= 15 is 0 Å². The van der Waals surface area contributed by atoms with Crippen LogP contribution in [0, 0.1) is 11.7 Å². The van der Waals surface area contributed by atoms with Crippen LogP contribution in [0.15, 0.2) is 36.4 Å². The van der Waals surface area contributed by atoms with Gasteiger partial charge < -0.3 is 24.4 Å². The second-order valence-corrected chi connectivity index (χ2v) is 9.13. The number of benzene rings is 2. The number of ether oxygens (including phenoxy) is 3. The van der Waals surface area contributed by atoms with Crippen LogP contribution in [0.4, 0.5) is 4.39 Å². The molecule has 7 nitrogen and oxygen atoms in total. The van der Waals surface area contributed by atoms with E-state index < -0.39 is 11.4 Å². The first-order valence-corrected chi connectivity index (χ1v) is 11.6. The van der Waals surface area contributed by atoms with E-state index in [-0.39, 0.29) is 23.5 Å². The Bertz CT molecular complexity index is 974.